The first-order valence-corrected chi connectivity index (χ1v) is 7.15. The molecule has 2 rings (SSSR count). The van der Waals surface area contributed by atoms with Crippen LogP contribution >= 0.6 is 38.9 Å². The molecule has 1 N–H and O–H groups in total. The molecule has 0 fully saturated rings. The monoisotopic (exact) mass is 331 g/mol. The Kier molecular flexibility index (Phi) is 4.20. The van der Waals surface area contributed by atoms with E-state index >= 15 is 0 Å². The Balaban J connectivity index is 2.15. The molecule has 0 spiro atoms. The maximum atomic E-state index is 10.1. The molecule has 0 bridgehead atoms. The Morgan fingerprint density at radius 2 is 2.29 bits per heavy atom. The number of aliphatic hydroxyl groups is 1. The number of halogens is 2. The van der Waals surface area contributed by atoms with Crippen LogP contribution in [0.5, 0.6) is 0 Å². The zero-order chi connectivity index (χ0) is 12.4. The van der Waals surface area contributed by atoms with Crippen molar-refractivity contribution in [1.29, 1.82) is 0 Å². The number of benzene rings is 1. The highest BCUT2D eigenvalue weighted by Crippen LogP contribution is 2.26. The largest absolute Gasteiger partial charge is 0.386 e. The Labute approximate surface area is 117 Å². The van der Waals surface area contributed by atoms with Gasteiger partial charge in [-0.3, -0.25) is 0 Å². The molecular formula is C12H11BrClNOS. The van der Waals surface area contributed by atoms with Gasteiger partial charge in [-0.05, 0) is 24.6 Å². The van der Waals surface area contributed by atoms with E-state index in [0.29, 0.717) is 17.1 Å². The highest BCUT2D eigenvalue weighted by atomic mass is 79.9. The zero-order valence-corrected chi connectivity index (χ0v) is 12.3. The van der Waals surface area contributed by atoms with E-state index in [2.05, 4.69) is 20.9 Å². The number of aryl methyl sites for hydroxylation is 1. The first-order valence-electron chi connectivity index (χ1n) is 5.10. The van der Waals surface area contributed by atoms with Crippen molar-refractivity contribution in [2.24, 2.45) is 0 Å². The molecule has 1 unspecified atom stereocenters. The average molecular weight is 333 g/mol. The fourth-order valence-electron chi connectivity index (χ4n) is 1.53. The van der Waals surface area contributed by atoms with E-state index < -0.39 is 6.10 Å². The standard InChI is InChI=1S/C12H11BrClNOS/c1-7-15-11(6-17-7)12(16)4-8-2-3-9(13)5-10(8)14/h2-3,5-6,12,16H,4H2,1H3. The molecule has 1 aromatic carbocycles. The third-order valence-corrected chi connectivity index (χ3v) is 4.04. The number of aliphatic hydroxyl groups excluding tert-OH is 1. The summed E-state index contributed by atoms with van der Waals surface area (Å²) >= 11 is 11.0. The summed E-state index contributed by atoms with van der Waals surface area (Å²) < 4.78 is 0.935. The summed E-state index contributed by atoms with van der Waals surface area (Å²) in [5.74, 6) is 0. The molecule has 0 radical (unpaired) electrons. The van der Waals surface area contributed by atoms with Gasteiger partial charge in [-0.25, -0.2) is 4.98 Å². The molecule has 0 amide bonds. The lowest BCUT2D eigenvalue weighted by Crippen LogP contribution is -2.02. The summed E-state index contributed by atoms with van der Waals surface area (Å²) in [6.45, 7) is 1.92. The molecule has 1 aromatic heterocycles. The smallest absolute Gasteiger partial charge is 0.101 e. The first kappa shape index (κ1) is 13.0. The van der Waals surface area contributed by atoms with Gasteiger partial charge in [0.1, 0.15) is 6.10 Å². The fraction of sp³-hybridized carbons (Fsp3) is 0.250. The van der Waals surface area contributed by atoms with E-state index in [9.17, 15) is 5.11 Å². The van der Waals surface area contributed by atoms with Crippen LogP contribution in [0.3, 0.4) is 0 Å². The molecule has 17 heavy (non-hydrogen) atoms. The van der Waals surface area contributed by atoms with Crippen molar-refractivity contribution in [3.8, 4) is 0 Å². The van der Waals surface area contributed by atoms with Crippen LogP contribution in [0.25, 0.3) is 0 Å². The lowest BCUT2D eigenvalue weighted by Gasteiger charge is -2.09. The lowest BCUT2D eigenvalue weighted by atomic mass is 10.1. The second-order valence-corrected chi connectivity index (χ2v) is 6.13. The van der Waals surface area contributed by atoms with Crippen LogP contribution in [0.2, 0.25) is 5.02 Å². The van der Waals surface area contributed by atoms with Gasteiger partial charge in [-0.2, -0.15) is 0 Å². The van der Waals surface area contributed by atoms with Gasteiger partial charge in [0, 0.05) is 21.3 Å². The zero-order valence-electron chi connectivity index (χ0n) is 9.15. The van der Waals surface area contributed by atoms with E-state index in [1.54, 1.807) is 0 Å². The van der Waals surface area contributed by atoms with E-state index in [4.69, 9.17) is 11.6 Å². The van der Waals surface area contributed by atoms with Crippen LogP contribution in [-0.2, 0) is 6.42 Å². The van der Waals surface area contributed by atoms with Gasteiger partial charge in [0.15, 0.2) is 0 Å². The topological polar surface area (TPSA) is 33.1 Å². The molecule has 0 aliphatic rings. The maximum Gasteiger partial charge on any atom is 0.101 e. The normalized spacial score (nSPS) is 12.7. The molecule has 0 aliphatic carbocycles. The molecule has 1 heterocycles. The summed E-state index contributed by atoms with van der Waals surface area (Å²) in [6, 6.07) is 5.66. The Morgan fingerprint density at radius 1 is 1.53 bits per heavy atom. The van der Waals surface area contributed by atoms with Gasteiger partial charge in [-0.15, -0.1) is 11.3 Å². The molecule has 0 saturated heterocycles. The maximum absolute atomic E-state index is 10.1. The summed E-state index contributed by atoms with van der Waals surface area (Å²) in [7, 11) is 0. The minimum absolute atomic E-state index is 0.481. The van der Waals surface area contributed by atoms with Crippen LogP contribution in [0, 0.1) is 6.92 Å². The second kappa shape index (κ2) is 5.48. The van der Waals surface area contributed by atoms with Crippen LogP contribution < -0.4 is 0 Å². The van der Waals surface area contributed by atoms with Crippen molar-refractivity contribution in [2.45, 2.75) is 19.4 Å². The number of nitrogens with zero attached hydrogens (tertiary/aromatic N) is 1. The third kappa shape index (κ3) is 3.28. The molecular weight excluding hydrogens is 322 g/mol. The van der Waals surface area contributed by atoms with Gasteiger partial charge in [0.2, 0.25) is 0 Å². The number of rotatable bonds is 3. The molecule has 0 aliphatic heterocycles. The summed E-state index contributed by atoms with van der Waals surface area (Å²) in [6.07, 6.45) is -0.117. The summed E-state index contributed by atoms with van der Waals surface area (Å²) in [5, 5.41) is 13.6. The Bertz CT molecular complexity index is 529. The molecule has 2 aromatic rings. The molecule has 5 heteroatoms. The molecule has 90 valence electrons. The third-order valence-electron chi connectivity index (χ3n) is 2.41. The van der Waals surface area contributed by atoms with E-state index in [1.165, 1.54) is 11.3 Å². The van der Waals surface area contributed by atoms with Crippen LogP contribution in [0.4, 0.5) is 0 Å². The fourth-order valence-corrected chi connectivity index (χ4v) is 2.94. The number of hydrogen-bond acceptors (Lipinski definition) is 3. The van der Waals surface area contributed by atoms with Gasteiger partial charge in [0.05, 0.1) is 10.7 Å². The van der Waals surface area contributed by atoms with Gasteiger partial charge in [-0.1, -0.05) is 33.6 Å². The van der Waals surface area contributed by atoms with Crippen molar-refractivity contribution in [3.63, 3.8) is 0 Å². The minimum Gasteiger partial charge on any atom is -0.386 e. The van der Waals surface area contributed by atoms with Crippen molar-refractivity contribution in [1.82, 2.24) is 4.98 Å². The van der Waals surface area contributed by atoms with E-state index in [1.807, 2.05) is 30.5 Å². The predicted molar refractivity (Wildman–Crippen MR) is 74.7 cm³/mol. The highest BCUT2D eigenvalue weighted by molar-refractivity contribution is 9.10. The number of aromatic nitrogens is 1. The van der Waals surface area contributed by atoms with Crippen molar-refractivity contribution >= 4 is 38.9 Å². The average Bonchev–Trinajstić information content (AvgIpc) is 2.69. The van der Waals surface area contributed by atoms with Crippen LogP contribution in [0.1, 0.15) is 22.4 Å². The van der Waals surface area contributed by atoms with Crippen molar-refractivity contribution < 1.29 is 5.11 Å². The van der Waals surface area contributed by atoms with Gasteiger partial charge < -0.3 is 5.11 Å². The van der Waals surface area contributed by atoms with Crippen LogP contribution in [-0.4, -0.2) is 10.1 Å². The lowest BCUT2D eigenvalue weighted by molar-refractivity contribution is 0.174. The first-order chi connectivity index (χ1) is 8.06. The number of hydrogen-bond donors (Lipinski definition) is 1. The summed E-state index contributed by atoms with van der Waals surface area (Å²) in [4.78, 5) is 4.27. The quantitative estimate of drug-likeness (QED) is 0.916. The molecule has 2 nitrogen and oxygen atoms in total. The minimum atomic E-state index is -0.598. The Morgan fingerprint density at radius 3 is 2.88 bits per heavy atom. The number of thiazole rings is 1. The summed E-state index contributed by atoms with van der Waals surface area (Å²) in [5.41, 5.74) is 1.64. The molecule has 1 atom stereocenters. The van der Waals surface area contributed by atoms with E-state index in [-0.39, 0.29) is 0 Å². The van der Waals surface area contributed by atoms with Crippen molar-refractivity contribution in [2.75, 3.05) is 0 Å². The predicted octanol–water partition coefficient (Wildman–Crippen LogP) is 4.14. The molecule has 0 saturated carbocycles. The van der Waals surface area contributed by atoms with Crippen LogP contribution in [0.15, 0.2) is 28.1 Å². The SMILES string of the molecule is Cc1nc(C(O)Cc2ccc(Br)cc2Cl)cs1. The van der Waals surface area contributed by atoms with Gasteiger partial charge in [0.25, 0.3) is 0 Å². The van der Waals surface area contributed by atoms with Crippen molar-refractivity contribution in [3.05, 3.63) is 49.3 Å². The van der Waals surface area contributed by atoms with E-state index in [0.717, 1.165) is 15.0 Å². The Hall–Kier alpha value is -0.420. The second-order valence-electron chi connectivity index (χ2n) is 3.75. The van der Waals surface area contributed by atoms with Gasteiger partial charge >= 0.3 is 0 Å². The highest BCUT2D eigenvalue weighted by Gasteiger charge is 2.13.